The van der Waals surface area contributed by atoms with Crippen molar-refractivity contribution in [2.24, 2.45) is 0 Å². The predicted octanol–water partition coefficient (Wildman–Crippen LogP) is 3.14. The van der Waals surface area contributed by atoms with Crippen LogP contribution in [0.5, 0.6) is 0 Å². The Morgan fingerprint density at radius 1 is 1.29 bits per heavy atom. The van der Waals surface area contributed by atoms with Gasteiger partial charge in [-0.25, -0.2) is 0 Å². The molecule has 1 aromatic carbocycles. The quantitative estimate of drug-likeness (QED) is 0.746. The van der Waals surface area contributed by atoms with Gasteiger partial charge >= 0.3 is 0 Å². The van der Waals surface area contributed by atoms with Gasteiger partial charge in [-0.15, -0.1) is 16.9 Å². The first-order chi connectivity index (χ1) is 6.86. The van der Waals surface area contributed by atoms with E-state index < -0.39 is 0 Å². The number of nitrogens with zero attached hydrogens (tertiary/aromatic N) is 2. The van der Waals surface area contributed by atoms with Crippen molar-refractivity contribution >= 4 is 23.3 Å². The molecule has 2 nitrogen and oxygen atoms in total. The topological polar surface area (TPSA) is 25.8 Å². The molecule has 0 atom stereocenters. The molecule has 0 bridgehead atoms. The van der Waals surface area contributed by atoms with Gasteiger partial charge in [-0.2, -0.15) is 0 Å². The van der Waals surface area contributed by atoms with Crippen LogP contribution in [0.2, 0.25) is 0 Å². The average molecular weight is 222 g/mol. The smallest absolute Gasteiger partial charge is 0.0765 e. The Balaban J connectivity index is 1.99. The summed E-state index contributed by atoms with van der Waals surface area (Å²) in [5.74, 6) is 0.966. The van der Waals surface area contributed by atoms with Gasteiger partial charge in [0.2, 0.25) is 0 Å². The second-order valence-corrected chi connectivity index (χ2v) is 4.77. The first kappa shape index (κ1) is 9.68. The summed E-state index contributed by atoms with van der Waals surface area (Å²) in [5.41, 5.74) is 1.05. The molecule has 0 N–H and O–H groups in total. The predicted molar refractivity (Wildman–Crippen MR) is 60.6 cm³/mol. The molecule has 1 heterocycles. The summed E-state index contributed by atoms with van der Waals surface area (Å²) in [6.07, 6.45) is 0. The van der Waals surface area contributed by atoms with Gasteiger partial charge in [0, 0.05) is 10.6 Å². The van der Waals surface area contributed by atoms with Crippen molar-refractivity contribution in [3.8, 4) is 0 Å². The van der Waals surface area contributed by atoms with E-state index in [0.29, 0.717) is 0 Å². The zero-order valence-corrected chi connectivity index (χ0v) is 9.44. The Kier molecular flexibility index (Phi) is 3.16. The van der Waals surface area contributed by atoms with Crippen LogP contribution in [0, 0.1) is 6.92 Å². The molecule has 0 aliphatic carbocycles. The van der Waals surface area contributed by atoms with Crippen molar-refractivity contribution < 1.29 is 0 Å². The highest BCUT2D eigenvalue weighted by molar-refractivity contribution is 7.98. The first-order valence-corrected chi connectivity index (χ1v) is 6.08. The zero-order valence-electron chi connectivity index (χ0n) is 7.80. The van der Waals surface area contributed by atoms with Gasteiger partial charge < -0.3 is 0 Å². The lowest BCUT2D eigenvalue weighted by atomic mass is 10.4. The molecule has 0 amide bonds. The SMILES string of the molecule is Cc1nnsc1CSc1ccccc1. The summed E-state index contributed by atoms with van der Waals surface area (Å²) in [6, 6.07) is 10.4. The lowest BCUT2D eigenvalue weighted by Crippen LogP contribution is -1.80. The minimum atomic E-state index is 0.966. The van der Waals surface area contributed by atoms with Gasteiger partial charge in [0.1, 0.15) is 0 Å². The Morgan fingerprint density at radius 2 is 2.07 bits per heavy atom. The third kappa shape index (κ3) is 2.33. The second-order valence-electron chi connectivity index (χ2n) is 2.88. The van der Waals surface area contributed by atoms with Crippen LogP contribution in [-0.4, -0.2) is 9.59 Å². The molecule has 14 heavy (non-hydrogen) atoms. The molecule has 0 aliphatic rings. The van der Waals surface area contributed by atoms with Crippen molar-refractivity contribution in [2.45, 2.75) is 17.6 Å². The zero-order chi connectivity index (χ0) is 9.80. The van der Waals surface area contributed by atoms with E-state index in [1.54, 1.807) is 0 Å². The highest BCUT2D eigenvalue weighted by Gasteiger charge is 2.02. The van der Waals surface area contributed by atoms with Gasteiger partial charge in [0.15, 0.2) is 0 Å². The van der Waals surface area contributed by atoms with E-state index >= 15 is 0 Å². The minimum absolute atomic E-state index is 0.966. The number of hydrogen-bond donors (Lipinski definition) is 0. The molecule has 2 aromatic rings. The molecule has 4 heteroatoms. The molecule has 0 aliphatic heterocycles. The Morgan fingerprint density at radius 3 is 2.71 bits per heavy atom. The highest BCUT2D eigenvalue weighted by atomic mass is 32.2. The Bertz CT molecular complexity index is 398. The standard InChI is InChI=1S/C10H10N2S2/c1-8-10(14-12-11-8)7-13-9-5-3-2-4-6-9/h2-6H,7H2,1H3. The van der Waals surface area contributed by atoms with E-state index in [2.05, 4.69) is 33.9 Å². The number of thioether (sulfide) groups is 1. The molecule has 0 saturated carbocycles. The van der Waals surface area contributed by atoms with Crippen molar-refractivity contribution in [3.05, 3.63) is 40.9 Å². The van der Waals surface area contributed by atoms with Crippen molar-refractivity contribution in [1.82, 2.24) is 9.59 Å². The van der Waals surface area contributed by atoms with Gasteiger partial charge in [-0.1, -0.05) is 22.7 Å². The summed E-state index contributed by atoms with van der Waals surface area (Å²) in [5, 5.41) is 3.98. The van der Waals surface area contributed by atoms with E-state index in [1.165, 1.54) is 21.3 Å². The van der Waals surface area contributed by atoms with Gasteiger partial charge in [-0.05, 0) is 30.6 Å². The number of hydrogen-bond acceptors (Lipinski definition) is 4. The van der Waals surface area contributed by atoms with Crippen LogP contribution < -0.4 is 0 Å². The lowest BCUT2D eigenvalue weighted by Gasteiger charge is -1.98. The molecule has 0 saturated heterocycles. The van der Waals surface area contributed by atoms with Gasteiger partial charge in [-0.3, -0.25) is 0 Å². The summed E-state index contributed by atoms with van der Waals surface area (Å²) < 4.78 is 3.91. The molecule has 0 unspecified atom stereocenters. The third-order valence-corrected chi connectivity index (χ3v) is 3.90. The van der Waals surface area contributed by atoms with Crippen molar-refractivity contribution in [2.75, 3.05) is 0 Å². The van der Waals surface area contributed by atoms with E-state index in [4.69, 9.17) is 0 Å². The number of benzene rings is 1. The van der Waals surface area contributed by atoms with Crippen LogP contribution in [0.4, 0.5) is 0 Å². The fourth-order valence-electron chi connectivity index (χ4n) is 1.05. The van der Waals surface area contributed by atoms with Crippen LogP contribution in [-0.2, 0) is 5.75 Å². The normalized spacial score (nSPS) is 10.4. The Labute approximate surface area is 91.5 Å². The van der Waals surface area contributed by atoms with Crippen LogP contribution >= 0.6 is 23.3 Å². The van der Waals surface area contributed by atoms with Crippen molar-refractivity contribution in [3.63, 3.8) is 0 Å². The number of aromatic nitrogens is 2. The molecular formula is C10H10N2S2. The van der Waals surface area contributed by atoms with Gasteiger partial charge in [0.05, 0.1) is 10.6 Å². The van der Waals surface area contributed by atoms with Gasteiger partial charge in [0.25, 0.3) is 0 Å². The van der Waals surface area contributed by atoms with Crippen molar-refractivity contribution in [1.29, 1.82) is 0 Å². The highest BCUT2D eigenvalue weighted by Crippen LogP contribution is 2.24. The molecule has 2 rings (SSSR count). The molecule has 0 fully saturated rings. The molecule has 72 valence electrons. The summed E-state index contributed by atoms with van der Waals surface area (Å²) in [7, 11) is 0. The lowest BCUT2D eigenvalue weighted by molar-refractivity contribution is 1.08. The summed E-state index contributed by atoms with van der Waals surface area (Å²) in [4.78, 5) is 2.55. The van der Waals surface area contributed by atoms with E-state index in [9.17, 15) is 0 Å². The molecular weight excluding hydrogens is 212 g/mol. The molecule has 1 aromatic heterocycles. The Hall–Kier alpha value is -0.870. The molecule has 0 radical (unpaired) electrons. The van der Waals surface area contributed by atoms with Crippen LogP contribution in [0.1, 0.15) is 10.6 Å². The monoisotopic (exact) mass is 222 g/mol. The fourth-order valence-corrected chi connectivity index (χ4v) is 2.73. The van der Waals surface area contributed by atoms with E-state index in [1.807, 2.05) is 24.8 Å². The molecule has 0 spiro atoms. The van der Waals surface area contributed by atoms with Crippen LogP contribution in [0.15, 0.2) is 35.2 Å². The van der Waals surface area contributed by atoms with E-state index in [0.717, 1.165) is 11.4 Å². The van der Waals surface area contributed by atoms with Crippen LogP contribution in [0.3, 0.4) is 0 Å². The minimum Gasteiger partial charge on any atom is -0.143 e. The maximum absolute atomic E-state index is 3.98. The second kappa shape index (κ2) is 4.57. The summed E-state index contributed by atoms with van der Waals surface area (Å²) >= 11 is 3.31. The largest absolute Gasteiger partial charge is 0.143 e. The number of rotatable bonds is 3. The number of aryl methyl sites for hydroxylation is 1. The fraction of sp³-hybridized carbons (Fsp3) is 0.200. The maximum Gasteiger partial charge on any atom is 0.0765 e. The van der Waals surface area contributed by atoms with E-state index in [-0.39, 0.29) is 0 Å². The first-order valence-electron chi connectivity index (χ1n) is 4.32. The summed E-state index contributed by atoms with van der Waals surface area (Å²) in [6.45, 7) is 2.00. The average Bonchev–Trinajstić information content (AvgIpc) is 2.63. The third-order valence-electron chi connectivity index (χ3n) is 1.86. The maximum atomic E-state index is 3.98. The van der Waals surface area contributed by atoms with Crippen LogP contribution in [0.25, 0.3) is 0 Å².